The minimum Gasteiger partial charge on any atom is -1.00 e. The Morgan fingerprint density at radius 2 is 2.05 bits per heavy atom. The fourth-order valence-corrected chi connectivity index (χ4v) is 2.28. The van der Waals surface area contributed by atoms with E-state index in [0.717, 1.165) is 56.1 Å². The van der Waals surface area contributed by atoms with E-state index in [4.69, 9.17) is 9.47 Å². The van der Waals surface area contributed by atoms with Crippen LogP contribution in [0, 0.1) is 0 Å². The van der Waals surface area contributed by atoms with Crippen LogP contribution >= 0.6 is 0 Å². The number of hydrogen-bond donors (Lipinski definition) is 0. The minimum absolute atomic E-state index is 0. The van der Waals surface area contributed by atoms with Gasteiger partial charge in [0.05, 0.1) is 19.8 Å². The second-order valence-corrected chi connectivity index (χ2v) is 5.12. The van der Waals surface area contributed by atoms with Crippen molar-refractivity contribution in [2.24, 2.45) is 0 Å². The largest absolute Gasteiger partial charge is 1.00 e. The van der Waals surface area contributed by atoms with Crippen molar-refractivity contribution in [3.8, 4) is 5.75 Å². The lowest BCUT2D eigenvalue weighted by molar-refractivity contribution is -0.0000144. The molecule has 1 aromatic carbocycles. The Hall–Kier alpha value is -1.10. The van der Waals surface area contributed by atoms with Gasteiger partial charge in [-0.25, -0.2) is 0 Å². The maximum absolute atomic E-state index is 11.5. The Morgan fingerprint density at radius 3 is 2.67 bits per heavy atom. The van der Waals surface area contributed by atoms with Gasteiger partial charge in [-0.05, 0) is 31.5 Å². The van der Waals surface area contributed by atoms with Gasteiger partial charge in [0.15, 0.2) is 5.78 Å². The first-order chi connectivity index (χ1) is 9.70. The monoisotopic (exact) mass is 312 g/mol. The standard InChI is InChI=1S/C16H23NO3.ClH/c1-3-8-20-16-5-4-14(13(2)18)11-15(16)12-17-6-9-19-10-7-17;/h4-5,11H,3,6-10,12H2,1-2H3;1H/p-1. The van der Waals surface area contributed by atoms with Crippen LogP contribution in [0.25, 0.3) is 0 Å². The summed E-state index contributed by atoms with van der Waals surface area (Å²) in [4.78, 5) is 13.9. The molecule has 0 saturated carbocycles. The molecular formula is C16H23ClNO3-. The molecule has 118 valence electrons. The van der Waals surface area contributed by atoms with Gasteiger partial charge in [0, 0.05) is 30.8 Å². The van der Waals surface area contributed by atoms with E-state index in [2.05, 4.69) is 11.8 Å². The number of ether oxygens (including phenoxy) is 2. The van der Waals surface area contributed by atoms with Crippen molar-refractivity contribution >= 4 is 5.78 Å². The van der Waals surface area contributed by atoms with E-state index in [1.807, 2.05) is 18.2 Å². The molecule has 1 aromatic rings. The number of ketones is 1. The Bertz CT molecular complexity index is 459. The lowest BCUT2D eigenvalue weighted by Crippen LogP contribution is -3.00. The molecule has 1 aliphatic rings. The molecule has 0 bridgehead atoms. The molecule has 4 nitrogen and oxygen atoms in total. The fourth-order valence-electron chi connectivity index (χ4n) is 2.28. The number of Topliss-reactive ketones (excluding diaryl/α,β-unsaturated/α-hetero) is 1. The van der Waals surface area contributed by atoms with Crippen molar-refractivity contribution in [2.45, 2.75) is 26.8 Å². The lowest BCUT2D eigenvalue weighted by atomic mass is 10.1. The summed E-state index contributed by atoms with van der Waals surface area (Å²) in [5.41, 5.74) is 1.84. The molecule has 0 aliphatic carbocycles. The van der Waals surface area contributed by atoms with E-state index in [0.29, 0.717) is 6.61 Å². The van der Waals surface area contributed by atoms with Crippen LogP contribution in [-0.4, -0.2) is 43.6 Å². The number of rotatable bonds is 6. The molecule has 5 heteroatoms. The zero-order valence-electron chi connectivity index (χ0n) is 12.7. The second-order valence-electron chi connectivity index (χ2n) is 5.12. The van der Waals surface area contributed by atoms with E-state index in [-0.39, 0.29) is 18.2 Å². The Morgan fingerprint density at radius 1 is 1.33 bits per heavy atom. The normalized spacial score (nSPS) is 15.3. The average Bonchev–Trinajstić information content (AvgIpc) is 2.47. The summed E-state index contributed by atoms with van der Waals surface area (Å²) < 4.78 is 11.2. The first kappa shape index (κ1) is 18.0. The average molecular weight is 313 g/mol. The molecule has 0 unspecified atom stereocenters. The molecule has 0 radical (unpaired) electrons. The molecule has 1 fully saturated rings. The van der Waals surface area contributed by atoms with Gasteiger partial charge in [0.25, 0.3) is 0 Å². The predicted molar refractivity (Wildman–Crippen MR) is 78.3 cm³/mol. The zero-order valence-corrected chi connectivity index (χ0v) is 13.5. The summed E-state index contributed by atoms with van der Waals surface area (Å²) in [6.45, 7) is 8.61. The molecule has 1 saturated heterocycles. The van der Waals surface area contributed by atoms with Gasteiger partial charge in [0.1, 0.15) is 5.75 Å². The molecule has 1 aliphatic heterocycles. The lowest BCUT2D eigenvalue weighted by Gasteiger charge is -2.27. The van der Waals surface area contributed by atoms with Crippen LogP contribution in [-0.2, 0) is 11.3 Å². The third-order valence-corrected chi connectivity index (χ3v) is 3.43. The van der Waals surface area contributed by atoms with Crippen LogP contribution in [0.3, 0.4) is 0 Å². The van der Waals surface area contributed by atoms with Gasteiger partial charge in [0.2, 0.25) is 0 Å². The Labute approximate surface area is 132 Å². The summed E-state index contributed by atoms with van der Waals surface area (Å²) in [5.74, 6) is 0.985. The maximum atomic E-state index is 11.5. The van der Waals surface area contributed by atoms with Crippen molar-refractivity contribution in [3.05, 3.63) is 29.3 Å². The SMILES string of the molecule is CCCOc1ccc(C(C)=O)cc1CN1CCOCC1.[Cl-]. The van der Waals surface area contributed by atoms with E-state index in [9.17, 15) is 4.79 Å². The highest BCUT2D eigenvalue weighted by Crippen LogP contribution is 2.23. The third-order valence-electron chi connectivity index (χ3n) is 3.43. The van der Waals surface area contributed by atoms with E-state index in [1.165, 1.54) is 0 Å². The van der Waals surface area contributed by atoms with Gasteiger partial charge < -0.3 is 21.9 Å². The van der Waals surface area contributed by atoms with E-state index < -0.39 is 0 Å². The van der Waals surface area contributed by atoms with Crippen molar-refractivity contribution in [1.82, 2.24) is 4.90 Å². The van der Waals surface area contributed by atoms with Crippen molar-refractivity contribution in [3.63, 3.8) is 0 Å². The maximum Gasteiger partial charge on any atom is 0.159 e. The molecule has 2 rings (SSSR count). The number of carbonyl (C=O) groups excluding carboxylic acids is 1. The van der Waals surface area contributed by atoms with Crippen LogP contribution < -0.4 is 17.1 Å². The summed E-state index contributed by atoms with van der Waals surface area (Å²) >= 11 is 0. The fraction of sp³-hybridized carbons (Fsp3) is 0.562. The smallest absolute Gasteiger partial charge is 0.159 e. The van der Waals surface area contributed by atoms with Crippen LogP contribution in [0.1, 0.15) is 36.2 Å². The van der Waals surface area contributed by atoms with Crippen molar-refractivity contribution < 1.29 is 26.7 Å². The molecule has 0 spiro atoms. The molecule has 0 atom stereocenters. The number of hydrogen-bond acceptors (Lipinski definition) is 4. The first-order valence-corrected chi connectivity index (χ1v) is 7.27. The molecule has 1 heterocycles. The highest BCUT2D eigenvalue weighted by molar-refractivity contribution is 5.94. The molecule has 0 aromatic heterocycles. The van der Waals surface area contributed by atoms with Crippen LogP contribution in [0.4, 0.5) is 0 Å². The molecule has 0 N–H and O–H groups in total. The number of nitrogens with zero attached hydrogens (tertiary/aromatic N) is 1. The van der Waals surface area contributed by atoms with Crippen molar-refractivity contribution in [2.75, 3.05) is 32.9 Å². The number of carbonyl (C=O) groups is 1. The van der Waals surface area contributed by atoms with Crippen LogP contribution in [0.15, 0.2) is 18.2 Å². The Balaban J connectivity index is 0.00000220. The van der Waals surface area contributed by atoms with Gasteiger partial charge in [-0.3, -0.25) is 9.69 Å². The summed E-state index contributed by atoms with van der Waals surface area (Å²) in [6.07, 6.45) is 0.978. The summed E-state index contributed by atoms with van der Waals surface area (Å²) in [7, 11) is 0. The van der Waals surface area contributed by atoms with E-state index in [1.54, 1.807) is 6.92 Å². The molecule has 0 amide bonds. The topological polar surface area (TPSA) is 38.8 Å². The van der Waals surface area contributed by atoms with Crippen molar-refractivity contribution in [1.29, 1.82) is 0 Å². The quantitative estimate of drug-likeness (QED) is 0.665. The number of halogens is 1. The Kier molecular flexibility index (Phi) is 7.72. The minimum atomic E-state index is 0. The second kappa shape index (κ2) is 9.03. The van der Waals surface area contributed by atoms with Crippen LogP contribution in [0.2, 0.25) is 0 Å². The number of morpholine rings is 1. The highest BCUT2D eigenvalue weighted by atomic mass is 35.5. The van der Waals surface area contributed by atoms with Gasteiger partial charge in [-0.1, -0.05) is 6.92 Å². The molecule has 21 heavy (non-hydrogen) atoms. The first-order valence-electron chi connectivity index (χ1n) is 7.27. The summed E-state index contributed by atoms with van der Waals surface area (Å²) in [6, 6.07) is 5.72. The van der Waals surface area contributed by atoms with Crippen LogP contribution in [0.5, 0.6) is 5.75 Å². The van der Waals surface area contributed by atoms with Gasteiger partial charge >= 0.3 is 0 Å². The third kappa shape index (κ3) is 5.30. The van der Waals surface area contributed by atoms with E-state index >= 15 is 0 Å². The summed E-state index contributed by atoms with van der Waals surface area (Å²) in [5, 5.41) is 0. The highest BCUT2D eigenvalue weighted by Gasteiger charge is 2.14. The van der Waals surface area contributed by atoms with Gasteiger partial charge in [-0.2, -0.15) is 0 Å². The predicted octanol–water partition coefficient (Wildman–Crippen LogP) is -0.486. The zero-order chi connectivity index (χ0) is 14.4. The molecular weight excluding hydrogens is 290 g/mol. The number of benzene rings is 1. The van der Waals surface area contributed by atoms with Gasteiger partial charge in [-0.15, -0.1) is 0 Å².